The Kier molecular flexibility index (Phi) is 3.29. The van der Waals surface area contributed by atoms with Crippen molar-refractivity contribution in [2.45, 2.75) is 25.6 Å². The van der Waals surface area contributed by atoms with Crippen LogP contribution in [0.15, 0.2) is 24.3 Å². The summed E-state index contributed by atoms with van der Waals surface area (Å²) in [5, 5.41) is 10.8. The van der Waals surface area contributed by atoms with E-state index in [1.165, 1.54) is 0 Å². The second kappa shape index (κ2) is 4.52. The summed E-state index contributed by atoms with van der Waals surface area (Å²) in [5.74, 6) is 0.167. The van der Waals surface area contributed by atoms with Gasteiger partial charge in [0, 0.05) is 10.9 Å². The van der Waals surface area contributed by atoms with E-state index in [9.17, 15) is 5.11 Å². The second-order valence-corrected chi connectivity index (χ2v) is 4.51. The van der Waals surface area contributed by atoms with Crippen molar-refractivity contribution in [3.63, 3.8) is 0 Å². The van der Waals surface area contributed by atoms with Gasteiger partial charge in [0.25, 0.3) is 0 Å². The number of rotatable bonds is 2. The van der Waals surface area contributed by atoms with Crippen LogP contribution < -0.4 is 0 Å². The Bertz CT molecular complexity index is 340. The molecule has 82 valence electrons. The molecule has 15 heavy (non-hydrogen) atoms. The minimum Gasteiger partial charge on any atom is -0.388 e. The first-order valence-corrected chi connectivity index (χ1v) is 5.60. The van der Waals surface area contributed by atoms with Gasteiger partial charge in [-0.3, -0.25) is 0 Å². The molecule has 1 fully saturated rings. The fourth-order valence-electron chi connectivity index (χ4n) is 2.04. The maximum absolute atomic E-state index is 10.2. The lowest BCUT2D eigenvalue weighted by Gasteiger charge is -2.17. The second-order valence-electron chi connectivity index (χ2n) is 4.11. The molecule has 0 amide bonds. The zero-order chi connectivity index (χ0) is 10.8. The van der Waals surface area contributed by atoms with Gasteiger partial charge in [0.1, 0.15) is 0 Å². The Balaban J connectivity index is 2.14. The van der Waals surface area contributed by atoms with E-state index < -0.39 is 6.10 Å². The number of hydrogen-bond donors (Lipinski definition) is 1. The third-order valence-corrected chi connectivity index (χ3v) is 3.24. The summed E-state index contributed by atoms with van der Waals surface area (Å²) in [6.45, 7) is 2.65. The quantitative estimate of drug-likeness (QED) is 0.841. The number of aliphatic hydroxyl groups excluding tert-OH is 1. The Morgan fingerprint density at radius 2 is 2.20 bits per heavy atom. The third-order valence-electron chi connectivity index (χ3n) is 2.90. The molecule has 1 heterocycles. The van der Waals surface area contributed by atoms with E-state index in [-0.39, 0.29) is 12.0 Å². The van der Waals surface area contributed by atoms with Crippen molar-refractivity contribution in [3.8, 4) is 0 Å². The van der Waals surface area contributed by atoms with Gasteiger partial charge < -0.3 is 9.84 Å². The van der Waals surface area contributed by atoms with Crippen LogP contribution in [0.25, 0.3) is 0 Å². The van der Waals surface area contributed by atoms with Crippen LogP contribution in [0.3, 0.4) is 0 Å². The van der Waals surface area contributed by atoms with Gasteiger partial charge in [-0.05, 0) is 25.0 Å². The van der Waals surface area contributed by atoms with Crippen LogP contribution in [-0.4, -0.2) is 17.8 Å². The first-order chi connectivity index (χ1) is 7.18. The van der Waals surface area contributed by atoms with Crippen molar-refractivity contribution < 1.29 is 9.84 Å². The standard InChI is InChI=1S/C12H15ClO2/c1-8-6-9(7-15-8)12(14)10-4-2-3-5-11(10)13/h2-5,8-9,12,14H,6-7H2,1H3. The largest absolute Gasteiger partial charge is 0.388 e. The summed E-state index contributed by atoms with van der Waals surface area (Å²) < 4.78 is 5.44. The van der Waals surface area contributed by atoms with Gasteiger partial charge in [0.2, 0.25) is 0 Å². The predicted molar refractivity (Wildman–Crippen MR) is 59.9 cm³/mol. The summed E-state index contributed by atoms with van der Waals surface area (Å²) in [7, 11) is 0. The summed E-state index contributed by atoms with van der Waals surface area (Å²) in [4.78, 5) is 0. The molecule has 0 bridgehead atoms. The Morgan fingerprint density at radius 1 is 1.47 bits per heavy atom. The number of hydrogen-bond acceptors (Lipinski definition) is 2. The van der Waals surface area contributed by atoms with Crippen molar-refractivity contribution in [1.29, 1.82) is 0 Å². The van der Waals surface area contributed by atoms with E-state index in [4.69, 9.17) is 16.3 Å². The zero-order valence-electron chi connectivity index (χ0n) is 8.69. The van der Waals surface area contributed by atoms with Gasteiger partial charge >= 0.3 is 0 Å². The molecular weight excluding hydrogens is 212 g/mol. The van der Waals surface area contributed by atoms with E-state index in [0.29, 0.717) is 11.6 Å². The van der Waals surface area contributed by atoms with E-state index in [1.807, 2.05) is 25.1 Å². The molecule has 1 aliphatic heterocycles. The molecule has 0 radical (unpaired) electrons. The van der Waals surface area contributed by atoms with Gasteiger partial charge in [0.15, 0.2) is 0 Å². The molecule has 3 heteroatoms. The predicted octanol–water partition coefficient (Wildman–Crippen LogP) is 2.80. The summed E-state index contributed by atoms with van der Waals surface area (Å²) in [6, 6.07) is 7.44. The number of aliphatic hydroxyl groups is 1. The van der Waals surface area contributed by atoms with Gasteiger partial charge in [-0.15, -0.1) is 0 Å². The molecule has 0 aromatic heterocycles. The molecule has 3 unspecified atom stereocenters. The highest BCUT2D eigenvalue weighted by Crippen LogP contribution is 2.34. The Morgan fingerprint density at radius 3 is 2.80 bits per heavy atom. The van der Waals surface area contributed by atoms with Gasteiger partial charge in [-0.1, -0.05) is 29.8 Å². The lowest BCUT2D eigenvalue weighted by Crippen LogP contribution is -2.13. The average Bonchev–Trinajstić information content (AvgIpc) is 2.65. The average molecular weight is 227 g/mol. The maximum atomic E-state index is 10.2. The minimum atomic E-state index is -0.511. The molecular formula is C12H15ClO2. The molecule has 2 rings (SSSR count). The maximum Gasteiger partial charge on any atom is 0.0855 e. The molecule has 0 saturated carbocycles. The SMILES string of the molecule is CC1CC(C(O)c2ccccc2Cl)CO1. The van der Waals surface area contributed by atoms with Crippen molar-refractivity contribution in [2.24, 2.45) is 5.92 Å². The Labute approximate surface area is 94.8 Å². The fourth-order valence-corrected chi connectivity index (χ4v) is 2.29. The Hall–Kier alpha value is -0.570. The highest BCUT2D eigenvalue weighted by Gasteiger charge is 2.30. The van der Waals surface area contributed by atoms with Crippen LogP contribution in [0.4, 0.5) is 0 Å². The smallest absolute Gasteiger partial charge is 0.0855 e. The lowest BCUT2D eigenvalue weighted by atomic mass is 9.94. The molecule has 0 aliphatic carbocycles. The summed E-state index contributed by atoms with van der Waals surface area (Å²) in [5.41, 5.74) is 0.807. The van der Waals surface area contributed by atoms with Crippen molar-refractivity contribution in [3.05, 3.63) is 34.9 Å². The number of benzene rings is 1. The summed E-state index contributed by atoms with van der Waals surface area (Å²) >= 11 is 6.03. The van der Waals surface area contributed by atoms with Crippen molar-refractivity contribution in [2.75, 3.05) is 6.61 Å². The molecule has 1 aromatic rings. The van der Waals surface area contributed by atoms with Crippen LogP contribution in [0, 0.1) is 5.92 Å². The van der Waals surface area contributed by atoms with Gasteiger partial charge in [0.05, 0.1) is 18.8 Å². The first-order valence-electron chi connectivity index (χ1n) is 5.22. The molecule has 2 nitrogen and oxygen atoms in total. The topological polar surface area (TPSA) is 29.5 Å². The lowest BCUT2D eigenvalue weighted by molar-refractivity contribution is 0.0804. The third kappa shape index (κ3) is 2.33. The van der Waals surface area contributed by atoms with E-state index in [0.717, 1.165) is 12.0 Å². The van der Waals surface area contributed by atoms with Gasteiger partial charge in [-0.25, -0.2) is 0 Å². The highest BCUT2D eigenvalue weighted by molar-refractivity contribution is 6.31. The van der Waals surface area contributed by atoms with E-state index >= 15 is 0 Å². The normalized spacial score (nSPS) is 27.9. The minimum absolute atomic E-state index is 0.167. The van der Waals surface area contributed by atoms with Crippen LogP contribution >= 0.6 is 11.6 Å². The molecule has 0 spiro atoms. The highest BCUT2D eigenvalue weighted by atomic mass is 35.5. The molecule has 1 aliphatic rings. The monoisotopic (exact) mass is 226 g/mol. The van der Waals surface area contributed by atoms with Crippen LogP contribution in [0.2, 0.25) is 5.02 Å². The molecule has 1 saturated heterocycles. The molecule has 1 aromatic carbocycles. The summed E-state index contributed by atoms with van der Waals surface area (Å²) in [6.07, 6.45) is 0.627. The first kappa shape index (κ1) is 10.9. The van der Waals surface area contributed by atoms with Crippen molar-refractivity contribution in [1.82, 2.24) is 0 Å². The van der Waals surface area contributed by atoms with E-state index in [2.05, 4.69) is 0 Å². The number of ether oxygens (including phenoxy) is 1. The van der Waals surface area contributed by atoms with E-state index in [1.54, 1.807) is 6.07 Å². The van der Waals surface area contributed by atoms with Crippen LogP contribution in [-0.2, 0) is 4.74 Å². The molecule has 1 N–H and O–H groups in total. The number of halogens is 1. The fraction of sp³-hybridized carbons (Fsp3) is 0.500. The van der Waals surface area contributed by atoms with Crippen molar-refractivity contribution >= 4 is 11.6 Å². The van der Waals surface area contributed by atoms with Gasteiger partial charge in [-0.2, -0.15) is 0 Å². The van der Waals surface area contributed by atoms with Crippen LogP contribution in [0.1, 0.15) is 25.0 Å². The zero-order valence-corrected chi connectivity index (χ0v) is 9.45. The molecule has 3 atom stereocenters. The van der Waals surface area contributed by atoms with Crippen LogP contribution in [0.5, 0.6) is 0 Å².